The van der Waals surface area contributed by atoms with Crippen molar-refractivity contribution in [2.24, 2.45) is 0 Å². The van der Waals surface area contributed by atoms with Crippen LogP contribution in [0, 0.1) is 12.7 Å². The molecular weight excluding hydrogens is 345 g/mol. The zero-order chi connectivity index (χ0) is 18.8. The summed E-state index contributed by atoms with van der Waals surface area (Å²) in [5.74, 6) is 0.400. The largest absolute Gasteiger partial charge is 0.364 e. The molecule has 2 heterocycles. The van der Waals surface area contributed by atoms with Crippen LogP contribution in [0.4, 0.5) is 4.39 Å². The number of likely N-dealkylation sites (tertiary alicyclic amines) is 1. The van der Waals surface area contributed by atoms with Crippen molar-refractivity contribution in [1.29, 1.82) is 0 Å². The number of carbonyl (C=O) groups is 1. The van der Waals surface area contributed by atoms with Gasteiger partial charge in [-0.15, -0.1) is 0 Å². The van der Waals surface area contributed by atoms with E-state index in [1.54, 1.807) is 12.1 Å². The van der Waals surface area contributed by atoms with E-state index < -0.39 is 0 Å². The number of halogens is 1. The van der Waals surface area contributed by atoms with E-state index in [1.807, 2.05) is 30.0 Å². The van der Waals surface area contributed by atoms with Gasteiger partial charge in [-0.05, 0) is 49.1 Å². The van der Waals surface area contributed by atoms with Crippen LogP contribution in [0.1, 0.15) is 35.8 Å². The normalized spacial score (nSPS) is 17.0. The van der Waals surface area contributed by atoms with Crippen molar-refractivity contribution in [3.8, 4) is 0 Å². The molecular formula is C21H22FN3O2. The van der Waals surface area contributed by atoms with Crippen LogP contribution in [0.3, 0.4) is 0 Å². The van der Waals surface area contributed by atoms with Crippen LogP contribution in [0.15, 0.2) is 42.5 Å². The summed E-state index contributed by atoms with van der Waals surface area (Å²) in [6.45, 7) is 2.98. The highest BCUT2D eigenvalue weighted by Gasteiger charge is 2.29. The van der Waals surface area contributed by atoms with Crippen molar-refractivity contribution in [3.63, 3.8) is 0 Å². The van der Waals surface area contributed by atoms with Gasteiger partial charge in [0.05, 0.1) is 17.1 Å². The molecule has 0 saturated carbocycles. The Labute approximate surface area is 157 Å². The van der Waals surface area contributed by atoms with E-state index in [0.29, 0.717) is 12.4 Å². The molecule has 1 amide bonds. The van der Waals surface area contributed by atoms with Gasteiger partial charge in [0, 0.05) is 6.54 Å². The average molecular weight is 367 g/mol. The molecule has 0 aliphatic carbocycles. The van der Waals surface area contributed by atoms with Crippen LogP contribution >= 0.6 is 0 Å². The highest BCUT2D eigenvalue weighted by Crippen LogP contribution is 2.32. The number of imidazole rings is 1. The first kappa shape index (κ1) is 17.7. The van der Waals surface area contributed by atoms with Crippen molar-refractivity contribution in [1.82, 2.24) is 14.9 Å². The Morgan fingerprint density at radius 3 is 2.89 bits per heavy atom. The maximum atomic E-state index is 13.1. The lowest BCUT2D eigenvalue weighted by atomic mass is 10.0. The lowest BCUT2D eigenvalue weighted by Crippen LogP contribution is -2.33. The van der Waals surface area contributed by atoms with Gasteiger partial charge < -0.3 is 14.6 Å². The zero-order valence-electron chi connectivity index (χ0n) is 15.2. The standard InChI is InChI=1S/C21H22FN3O2/c1-14-4-2-5-17-21(14)24-19(23-17)12-27-13-20(26)25-11-3-6-18(25)15-7-9-16(22)10-8-15/h2,4-5,7-10,18H,3,6,11-13H2,1H3,(H,23,24)/t18-/m1/s1. The molecule has 1 aromatic heterocycles. The third-order valence-electron chi connectivity index (χ3n) is 5.06. The number of H-pyrrole nitrogens is 1. The number of aryl methyl sites for hydroxylation is 1. The monoisotopic (exact) mass is 367 g/mol. The van der Waals surface area contributed by atoms with E-state index >= 15 is 0 Å². The number of fused-ring (bicyclic) bond motifs is 1. The number of rotatable bonds is 5. The first-order chi connectivity index (χ1) is 13.1. The molecule has 2 aromatic carbocycles. The zero-order valence-corrected chi connectivity index (χ0v) is 15.2. The molecule has 4 rings (SSSR count). The summed E-state index contributed by atoms with van der Waals surface area (Å²) in [5.41, 5.74) is 3.97. The number of aromatic amines is 1. The van der Waals surface area contributed by atoms with E-state index in [1.165, 1.54) is 12.1 Å². The molecule has 3 aromatic rings. The van der Waals surface area contributed by atoms with Crippen LogP contribution in [-0.2, 0) is 16.1 Å². The van der Waals surface area contributed by atoms with Gasteiger partial charge in [-0.3, -0.25) is 4.79 Å². The summed E-state index contributed by atoms with van der Waals surface area (Å²) in [6.07, 6.45) is 1.83. The fourth-order valence-electron chi connectivity index (χ4n) is 3.71. The molecule has 140 valence electrons. The van der Waals surface area contributed by atoms with E-state index in [-0.39, 0.29) is 31.0 Å². The highest BCUT2D eigenvalue weighted by atomic mass is 19.1. The molecule has 5 nitrogen and oxygen atoms in total. The molecule has 6 heteroatoms. The molecule has 1 atom stereocenters. The van der Waals surface area contributed by atoms with Crippen LogP contribution in [0.25, 0.3) is 11.0 Å². The molecule has 1 aliphatic rings. The number of amides is 1. The van der Waals surface area contributed by atoms with Crippen molar-refractivity contribution in [3.05, 3.63) is 65.2 Å². The minimum atomic E-state index is -0.265. The van der Waals surface area contributed by atoms with Gasteiger partial charge >= 0.3 is 0 Å². The van der Waals surface area contributed by atoms with Gasteiger partial charge in [-0.25, -0.2) is 9.37 Å². The molecule has 27 heavy (non-hydrogen) atoms. The van der Waals surface area contributed by atoms with E-state index in [0.717, 1.165) is 35.0 Å². The molecule has 1 N–H and O–H groups in total. The third-order valence-corrected chi connectivity index (χ3v) is 5.06. The number of hydrogen-bond acceptors (Lipinski definition) is 3. The predicted octanol–water partition coefficient (Wildman–Crippen LogP) is 3.89. The minimum Gasteiger partial charge on any atom is -0.364 e. The van der Waals surface area contributed by atoms with Crippen molar-refractivity contribution < 1.29 is 13.9 Å². The smallest absolute Gasteiger partial charge is 0.249 e. The number of nitrogens with one attached hydrogen (secondary N) is 1. The summed E-state index contributed by atoms with van der Waals surface area (Å²) >= 11 is 0. The second-order valence-electron chi connectivity index (χ2n) is 6.94. The first-order valence-corrected chi connectivity index (χ1v) is 9.19. The average Bonchev–Trinajstić information content (AvgIpc) is 3.30. The number of aromatic nitrogens is 2. The van der Waals surface area contributed by atoms with Gasteiger partial charge in [0.25, 0.3) is 0 Å². The van der Waals surface area contributed by atoms with Gasteiger partial charge in [-0.1, -0.05) is 24.3 Å². The second-order valence-corrected chi connectivity index (χ2v) is 6.94. The Morgan fingerprint density at radius 2 is 2.11 bits per heavy atom. The lowest BCUT2D eigenvalue weighted by Gasteiger charge is -2.25. The maximum Gasteiger partial charge on any atom is 0.249 e. The SMILES string of the molecule is Cc1cccc2[nH]c(COCC(=O)N3CCC[C@@H]3c3ccc(F)cc3)nc12. The Bertz CT molecular complexity index is 952. The van der Waals surface area contributed by atoms with E-state index in [4.69, 9.17) is 4.74 Å². The molecule has 1 aliphatic heterocycles. The maximum absolute atomic E-state index is 13.1. The molecule has 0 spiro atoms. The highest BCUT2D eigenvalue weighted by molar-refractivity contribution is 5.79. The first-order valence-electron chi connectivity index (χ1n) is 9.19. The summed E-state index contributed by atoms with van der Waals surface area (Å²) in [7, 11) is 0. The van der Waals surface area contributed by atoms with E-state index in [2.05, 4.69) is 9.97 Å². The minimum absolute atomic E-state index is 0.00412. The Kier molecular flexibility index (Phi) is 4.90. The number of ether oxygens (including phenoxy) is 1. The Balaban J connectivity index is 1.36. The fourth-order valence-corrected chi connectivity index (χ4v) is 3.71. The van der Waals surface area contributed by atoms with Crippen LogP contribution in [0.5, 0.6) is 0 Å². The van der Waals surface area contributed by atoms with Gasteiger partial charge in [0.1, 0.15) is 24.9 Å². The molecule has 0 unspecified atom stereocenters. The van der Waals surface area contributed by atoms with Crippen molar-refractivity contribution in [2.45, 2.75) is 32.4 Å². The van der Waals surface area contributed by atoms with Crippen LogP contribution in [0.2, 0.25) is 0 Å². The number of carbonyl (C=O) groups excluding carboxylic acids is 1. The number of benzene rings is 2. The molecule has 0 radical (unpaired) electrons. The second kappa shape index (κ2) is 7.48. The van der Waals surface area contributed by atoms with Gasteiger partial charge in [-0.2, -0.15) is 0 Å². The lowest BCUT2D eigenvalue weighted by molar-refractivity contribution is -0.137. The van der Waals surface area contributed by atoms with Crippen LogP contribution < -0.4 is 0 Å². The number of para-hydroxylation sites is 1. The summed E-state index contributed by atoms with van der Waals surface area (Å²) < 4.78 is 18.8. The number of nitrogens with zero attached hydrogens (tertiary/aromatic N) is 2. The number of hydrogen-bond donors (Lipinski definition) is 1. The third kappa shape index (κ3) is 3.71. The molecule has 0 bridgehead atoms. The predicted molar refractivity (Wildman–Crippen MR) is 101 cm³/mol. The van der Waals surface area contributed by atoms with Crippen molar-refractivity contribution in [2.75, 3.05) is 13.2 Å². The summed E-state index contributed by atoms with van der Waals surface area (Å²) in [6, 6.07) is 12.4. The Morgan fingerprint density at radius 1 is 1.30 bits per heavy atom. The van der Waals surface area contributed by atoms with Gasteiger partial charge in [0.15, 0.2) is 0 Å². The Hall–Kier alpha value is -2.73. The summed E-state index contributed by atoms with van der Waals surface area (Å²) in [5, 5.41) is 0. The molecule has 1 fully saturated rings. The fraction of sp³-hybridized carbons (Fsp3) is 0.333. The van der Waals surface area contributed by atoms with E-state index in [9.17, 15) is 9.18 Å². The molecule has 1 saturated heterocycles. The van der Waals surface area contributed by atoms with Crippen molar-refractivity contribution >= 4 is 16.9 Å². The summed E-state index contributed by atoms with van der Waals surface area (Å²) in [4.78, 5) is 22.2. The van der Waals surface area contributed by atoms with Gasteiger partial charge in [0.2, 0.25) is 5.91 Å². The quantitative estimate of drug-likeness (QED) is 0.744. The topological polar surface area (TPSA) is 58.2 Å². The van der Waals surface area contributed by atoms with Crippen LogP contribution in [-0.4, -0.2) is 33.9 Å².